The molecule has 2 aliphatic rings. The van der Waals surface area contributed by atoms with Gasteiger partial charge in [-0.05, 0) is 52.6 Å². The van der Waals surface area contributed by atoms with Crippen molar-refractivity contribution in [1.82, 2.24) is 15.1 Å². The maximum atomic E-state index is 12.5. The molecule has 0 aromatic heterocycles. The van der Waals surface area contributed by atoms with Crippen molar-refractivity contribution in [2.75, 3.05) is 40.8 Å². The number of piperidine rings is 1. The second-order valence-corrected chi connectivity index (χ2v) is 6.69. The summed E-state index contributed by atoms with van der Waals surface area (Å²) in [4.78, 5) is 27.0. The summed E-state index contributed by atoms with van der Waals surface area (Å²) in [5, 5.41) is 3.31. The highest BCUT2D eigenvalue weighted by Crippen LogP contribution is 2.54. The number of hydrogen-bond acceptors (Lipinski definition) is 4. The number of hydrogen-bond donors (Lipinski definition) is 1. The molecule has 0 aliphatic carbocycles. The number of amides is 1. The summed E-state index contributed by atoms with van der Waals surface area (Å²) < 4.78 is 0. The molecule has 1 spiro atoms. The largest absolute Gasteiger partial charge is 0.327 e. The Morgan fingerprint density at radius 1 is 1.22 bits per heavy atom. The third-order valence-corrected chi connectivity index (χ3v) is 4.40. The van der Waals surface area contributed by atoms with Crippen molar-refractivity contribution in [2.45, 2.75) is 18.9 Å². The molecular weight excluding hydrogens is 290 g/mol. The van der Waals surface area contributed by atoms with E-state index in [9.17, 15) is 9.59 Å². The first-order chi connectivity index (χ1) is 11.0. The van der Waals surface area contributed by atoms with Crippen LogP contribution in [0.3, 0.4) is 0 Å². The van der Waals surface area contributed by atoms with Crippen LogP contribution in [0.2, 0.25) is 0 Å². The lowest BCUT2D eigenvalue weighted by Gasteiger charge is -2.57. The molecule has 1 atom stereocenters. The van der Waals surface area contributed by atoms with E-state index in [1.807, 2.05) is 44.2 Å². The lowest BCUT2D eigenvalue weighted by molar-refractivity contribution is -0.177. The average Bonchev–Trinajstić information content (AvgIpc) is 2.55. The predicted octanol–water partition coefficient (Wildman–Crippen LogP) is 1.32. The minimum absolute atomic E-state index is 0.0634. The van der Waals surface area contributed by atoms with E-state index in [2.05, 4.69) is 17.4 Å². The molecular formula is C18H27N3O2. The van der Waals surface area contributed by atoms with Crippen molar-refractivity contribution in [3.05, 3.63) is 35.9 Å². The molecule has 5 nitrogen and oxygen atoms in total. The topological polar surface area (TPSA) is 52.7 Å². The van der Waals surface area contributed by atoms with Crippen LogP contribution in [0.25, 0.3) is 0 Å². The molecule has 1 N–H and O–H groups in total. The van der Waals surface area contributed by atoms with Gasteiger partial charge in [0.25, 0.3) is 0 Å². The van der Waals surface area contributed by atoms with Crippen molar-refractivity contribution in [2.24, 2.45) is 5.41 Å². The Bertz CT molecular complexity index is 522. The van der Waals surface area contributed by atoms with Crippen LogP contribution in [-0.4, -0.2) is 62.8 Å². The zero-order valence-electron chi connectivity index (χ0n) is 14.3. The number of carbonyl (C=O) groups is 2. The van der Waals surface area contributed by atoms with Gasteiger partial charge in [-0.15, -0.1) is 0 Å². The van der Waals surface area contributed by atoms with Gasteiger partial charge >= 0.3 is 0 Å². The quantitative estimate of drug-likeness (QED) is 0.675. The number of β-lactam (4-membered cyclic amide) rings is 1. The van der Waals surface area contributed by atoms with E-state index in [1.54, 1.807) is 4.90 Å². The van der Waals surface area contributed by atoms with Gasteiger partial charge in [-0.3, -0.25) is 4.79 Å². The lowest BCUT2D eigenvalue weighted by Crippen LogP contribution is -2.66. The SMILES string of the molecule is CN(C)C.O=CCN1C(=O)C2(CCNCC2)C1c1ccccc1. The second kappa shape index (κ2) is 7.70. The molecule has 2 fully saturated rings. The Hall–Kier alpha value is -1.72. The molecule has 2 saturated heterocycles. The normalized spacial score (nSPS) is 22.3. The summed E-state index contributed by atoms with van der Waals surface area (Å²) >= 11 is 0. The van der Waals surface area contributed by atoms with Crippen LogP contribution in [0.15, 0.2) is 30.3 Å². The Kier molecular flexibility index (Phi) is 5.91. The first-order valence-electron chi connectivity index (χ1n) is 8.14. The first kappa shape index (κ1) is 17.6. The zero-order valence-corrected chi connectivity index (χ0v) is 14.3. The first-order valence-corrected chi connectivity index (χ1v) is 8.14. The monoisotopic (exact) mass is 317 g/mol. The number of benzene rings is 1. The van der Waals surface area contributed by atoms with Gasteiger partial charge in [-0.1, -0.05) is 30.3 Å². The fourth-order valence-electron chi connectivity index (χ4n) is 3.52. The molecule has 3 rings (SSSR count). The number of nitrogens with zero attached hydrogens (tertiary/aromatic N) is 2. The highest BCUT2D eigenvalue weighted by atomic mass is 16.2. The van der Waals surface area contributed by atoms with Gasteiger partial charge in [-0.2, -0.15) is 0 Å². The van der Waals surface area contributed by atoms with Gasteiger partial charge in [-0.25, -0.2) is 0 Å². The van der Waals surface area contributed by atoms with Gasteiger partial charge in [0.2, 0.25) is 5.91 Å². The Morgan fingerprint density at radius 2 is 1.78 bits per heavy atom. The third kappa shape index (κ3) is 3.62. The molecule has 1 unspecified atom stereocenters. The van der Waals surface area contributed by atoms with Crippen molar-refractivity contribution in [1.29, 1.82) is 0 Å². The molecule has 0 bridgehead atoms. The van der Waals surface area contributed by atoms with Gasteiger partial charge in [0.1, 0.15) is 6.29 Å². The molecule has 1 aromatic rings. The molecule has 126 valence electrons. The van der Waals surface area contributed by atoms with Crippen LogP contribution in [0.4, 0.5) is 0 Å². The van der Waals surface area contributed by atoms with E-state index >= 15 is 0 Å². The smallest absolute Gasteiger partial charge is 0.232 e. The van der Waals surface area contributed by atoms with Gasteiger partial charge < -0.3 is 19.9 Å². The highest BCUT2D eigenvalue weighted by Gasteiger charge is 2.60. The van der Waals surface area contributed by atoms with Crippen molar-refractivity contribution >= 4 is 12.2 Å². The number of likely N-dealkylation sites (tertiary alicyclic amines) is 1. The lowest BCUT2D eigenvalue weighted by atomic mass is 9.62. The molecule has 2 aliphatic heterocycles. The second-order valence-electron chi connectivity index (χ2n) is 6.69. The molecule has 5 heteroatoms. The third-order valence-electron chi connectivity index (χ3n) is 4.40. The number of rotatable bonds is 3. The molecule has 23 heavy (non-hydrogen) atoms. The minimum atomic E-state index is -0.282. The zero-order chi connectivity index (χ0) is 16.9. The summed E-state index contributed by atoms with van der Waals surface area (Å²) in [7, 11) is 6.00. The van der Waals surface area contributed by atoms with Crippen molar-refractivity contribution in [3.63, 3.8) is 0 Å². The van der Waals surface area contributed by atoms with Gasteiger partial charge in [0, 0.05) is 0 Å². The summed E-state index contributed by atoms with van der Waals surface area (Å²) in [6.07, 6.45) is 2.54. The highest BCUT2D eigenvalue weighted by molar-refractivity contribution is 5.92. The van der Waals surface area contributed by atoms with Gasteiger partial charge in [0.05, 0.1) is 18.0 Å². The van der Waals surface area contributed by atoms with E-state index in [0.29, 0.717) is 0 Å². The fraction of sp³-hybridized carbons (Fsp3) is 0.556. The summed E-state index contributed by atoms with van der Waals surface area (Å²) in [5.41, 5.74) is 0.862. The molecule has 2 heterocycles. The van der Waals surface area contributed by atoms with Crippen molar-refractivity contribution < 1.29 is 9.59 Å². The molecule has 1 aromatic carbocycles. The van der Waals surface area contributed by atoms with E-state index in [4.69, 9.17) is 0 Å². The maximum Gasteiger partial charge on any atom is 0.232 e. The van der Waals surface area contributed by atoms with E-state index in [0.717, 1.165) is 37.8 Å². The van der Waals surface area contributed by atoms with E-state index < -0.39 is 0 Å². The Labute approximate surface area is 138 Å². The standard InChI is InChI=1S/C15H18N2O2.C3H9N/c18-11-10-17-13(12-4-2-1-3-5-12)15(14(17)19)6-8-16-9-7-15;1-4(2)3/h1-5,11,13,16H,6-10H2;1-3H3. The number of carbonyl (C=O) groups excluding carboxylic acids is 2. The van der Waals surface area contributed by atoms with Crippen molar-refractivity contribution in [3.8, 4) is 0 Å². The summed E-state index contributed by atoms with van der Waals surface area (Å²) in [6, 6.07) is 10.1. The van der Waals surface area contributed by atoms with E-state index in [1.165, 1.54) is 0 Å². The van der Waals surface area contributed by atoms with Crippen LogP contribution < -0.4 is 5.32 Å². The van der Waals surface area contributed by atoms with E-state index in [-0.39, 0.29) is 23.9 Å². The molecule has 0 radical (unpaired) electrons. The van der Waals surface area contributed by atoms with Crippen LogP contribution in [0, 0.1) is 5.41 Å². The van der Waals surface area contributed by atoms with Crippen LogP contribution >= 0.6 is 0 Å². The number of aldehydes is 1. The summed E-state index contributed by atoms with van der Waals surface area (Å²) in [6.45, 7) is 1.96. The van der Waals surface area contributed by atoms with Crippen LogP contribution in [0.1, 0.15) is 24.4 Å². The van der Waals surface area contributed by atoms with Gasteiger partial charge in [0.15, 0.2) is 0 Å². The van der Waals surface area contributed by atoms with Crippen LogP contribution in [0.5, 0.6) is 0 Å². The average molecular weight is 317 g/mol. The Morgan fingerprint density at radius 3 is 2.30 bits per heavy atom. The number of nitrogens with one attached hydrogen (secondary N) is 1. The Balaban J connectivity index is 0.000000433. The molecule has 1 amide bonds. The predicted molar refractivity (Wildman–Crippen MR) is 91.1 cm³/mol. The van der Waals surface area contributed by atoms with Crippen LogP contribution in [-0.2, 0) is 9.59 Å². The fourth-order valence-corrected chi connectivity index (χ4v) is 3.52. The maximum absolute atomic E-state index is 12.5. The molecule has 0 saturated carbocycles. The summed E-state index contributed by atoms with van der Waals surface area (Å²) in [5.74, 6) is 0.148. The minimum Gasteiger partial charge on any atom is -0.327 e.